The average molecular weight is 174 g/mol. The summed E-state index contributed by atoms with van der Waals surface area (Å²) in [5.74, 6) is 0. The van der Waals surface area contributed by atoms with Gasteiger partial charge in [0.2, 0.25) is 0 Å². The quantitative estimate of drug-likeness (QED) is 0.588. The molecule has 2 heteroatoms. The summed E-state index contributed by atoms with van der Waals surface area (Å²) in [6.07, 6.45) is 11.3. The molecule has 0 radical (unpaired) electrons. The third-order valence-electron chi connectivity index (χ3n) is 1.74. The molecule has 68 valence electrons. The van der Waals surface area contributed by atoms with E-state index >= 15 is 0 Å². The van der Waals surface area contributed by atoms with Crippen LogP contribution in [0.2, 0.25) is 0 Å². The number of rotatable bonds is 3. The van der Waals surface area contributed by atoms with Crippen LogP contribution in [0.4, 0.5) is 0 Å². The van der Waals surface area contributed by atoms with Crippen LogP contribution in [0.25, 0.3) is 0 Å². The van der Waals surface area contributed by atoms with Crippen molar-refractivity contribution in [2.45, 2.75) is 19.8 Å². The maximum atomic E-state index is 4.25. The molecule has 1 aliphatic rings. The lowest BCUT2D eigenvalue weighted by Crippen LogP contribution is -2.12. The maximum absolute atomic E-state index is 4.25. The van der Waals surface area contributed by atoms with E-state index in [2.05, 4.69) is 22.6 Å². The van der Waals surface area contributed by atoms with Gasteiger partial charge in [0.15, 0.2) is 0 Å². The fourth-order valence-corrected chi connectivity index (χ4v) is 1.10. The van der Waals surface area contributed by atoms with Gasteiger partial charge < -0.3 is 0 Å². The monoisotopic (exact) mass is 174 g/mol. The molecule has 13 heavy (non-hydrogen) atoms. The molecular weight excluding hydrogens is 160 g/mol. The molecule has 0 aromatic heterocycles. The molecule has 0 fully saturated rings. The van der Waals surface area contributed by atoms with Crippen LogP contribution in [0.3, 0.4) is 0 Å². The molecule has 2 nitrogen and oxygen atoms in total. The van der Waals surface area contributed by atoms with Gasteiger partial charge in [-0.05, 0) is 25.8 Å². The predicted octanol–water partition coefficient (Wildman–Crippen LogP) is 2.90. The second-order valence-corrected chi connectivity index (χ2v) is 2.70. The van der Waals surface area contributed by atoms with Gasteiger partial charge in [-0.1, -0.05) is 18.7 Å². The van der Waals surface area contributed by atoms with Gasteiger partial charge in [0.05, 0.1) is 11.4 Å². The predicted molar refractivity (Wildman–Crippen MR) is 58.3 cm³/mol. The Balaban J connectivity index is 2.82. The SMILES string of the molecule is C=C/C(=N\C=C/C)C1=NC=CCC1. The highest BCUT2D eigenvalue weighted by molar-refractivity contribution is 6.46. The van der Waals surface area contributed by atoms with Gasteiger partial charge in [-0.15, -0.1) is 0 Å². The average Bonchev–Trinajstić information content (AvgIpc) is 2.21. The zero-order chi connectivity index (χ0) is 9.52. The first kappa shape index (κ1) is 9.65. The molecule has 0 saturated carbocycles. The zero-order valence-electron chi connectivity index (χ0n) is 7.90. The van der Waals surface area contributed by atoms with E-state index in [-0.39, 0.29) is 0 Å². The summed E-state index contributed by atoms with van der Waals surface area (Å²) in [5.41, 5.74) is 1.90. The van der Waals surface area contributed by atoms with Crippen molar-refractivity contribution >= 4 is 11.4 Å². The van der Waals surface area contributed by atoms with Crippen LogP contribution in [0, 0.1) is 0 Å². The highest BCUT2D eigenvalue weighted by Crippen LogP contribution is 2.05. The lowest BCUT2D eigenvalue weighted by atomic mass is 10.1. The fraction of sp³-hybridized carbons (Fsp3) is 0.273. The number of nitrogens with zero attached hydrogens (tertiary/aromatic N) is 2. The van der Waals surface area contributed by atoms with Crippen molar-refractivity contribution in [2.24, 2.45) is 9.98 Å². The molecule has 0 amide bonds. The van der Waals surface area contributed by atoms with E-state index in [0.717, 1.165) is 24.3 Å². The molecule has 0 unspecified atom stereocenters. The lowest BCUT2D eigenvalue weighted by Gasteiger charge is -2.06. The van der Waals surface area contributed by atoms with E-state index in [1.54, 1.807) is 12.3 Å². The molecule has 1 aliphatic heterocycles. The highest BCUT2D eigenvalue weighted by Gasteiger charge is 2.05. The largest absolute Gasteiger partial charge is 0.259 e. The molecule has 0 atom stereocenters. The van der Waals surface area contributed by atoms with Gasteiger partial charge in [0, 0.05) is 12.4 Å². The van der Waals surface area contributed by atoms with Crippen molar-refractivity contribution in [1.82, 2.24) is 0 Å². The van der Waals surface area contributed by atoms with Crippen molar-refractivity contribution < 1.29 is 0 Å². The van der Waals surface area contributed by atoms with Crippen LogP contribution in [-0.2, 0) is 0 Å². The number of allylic oxidation sites excluding steroid dienone is 3. The maximum Gasteiger partial charge on any atom is 0.0838 e. The first-order chi connectivity index (χ1) is 6.38. The van der Waals surface area contributed by atoms with E-state index in [0.29, 0.717) is 0 Å². The summed E-state index contributed by atoms with van der Waals surface area (Å²) >= 11 is 0. The van der Waals surface area contributed by atoms with Crippen molar-refractivity contribution in [2.75, 3.05) is 0 Å². The molecule has 1 rings (SSSR count). The standard InChI is InChI=1S/C11H14N2/c1-3-8-12-10(4-2)11-7-5-6-9-13-11/h3-4,6,8-9H,2,5,7H2,1H3/b8-3-,12-10+. The minimum atomic E-state index is 0.877. The van der Waals surface area contributed by atoms with E-state index < -0.39 is 0 Å². The first-order valence-corrected chi connectivity index (χ1v) is 4.42. The number of hydrogen-bond donors (Lipinski definition) is 0. The van der Waals surface area contributed by atoms with Crippen LogP contribution in [0.15, 0.2) is 47.2 Å². The summed E-state index contributed by atoms with van der Waals surface area (Å²) in [4.78, 5) is 8.49. The van der Waals surface area contributed by atoms with Crippen LogP contribution in [0.1, 0.15) is 19.8 Å². The van der Waals surface area contributed by atoms with Gasteiger partial charge >= 0.3 is 0 Å². The number of aliphatic imine (C=N–C) groups is 2. The molecular formula is C11H14N2. The molecule has 1 heterocycles. The normalized spacial score (nSPS) is 17.6. The minimum absolute atomic E-state index is 0.877. The smallest absolute Gasteiger partial charge is 0.0838 e. The minimum Gasteiger partial charge on any atom is -0.259 e. The van der Waals surface area contributed by atoms with Crippen molar-refractivity contribution in [3.05, 3.63) is 37.2 Å². The Morgan fingerprint density at radius 1 is 1.69 bits per heavy atom. The van der Waals surface area contributed by atoms with Gasteiger partial charge in [-0.25, -0.2) is 0 Å². The van der Waals surface area contributed by atoms with Crippen LogP contribution in [0.5, 0.6) is 0 Å². The Morgan fingerprint density at radius 2 is 2.54 bits per heavy atom. The van der Waals surface area contributed by atoms with E-state index in [1.165, 1.54) is 0 Å². The summed E-state index contributed by atoms with van der Waals surface area (Å²) < 4.78 is 0. The molecule has 0 N–H and O–H groups in total. The first-order valence-electron chi connectivity index (χ1n) is 4.42. The van der Waals surface area contributed by atoms with E-state index in [4.69, 9.17) is 0 Å². The molecule has 0 aromatic rings. The summed E-state index contributed by atoms with van der Waals surface area (Å²) in [6.45, 7) is 5.66. The Morgan fingerprint density at radius 3 is 3.08 bits per heavy atom. The molecule has 0 saturated heterocycles. The van der Waals surface area contributed by atoms with Gasteiger partial charge in [-0.3, -0.25) is 9.98 Å². The van der Waals surface area contributed by atoms with E-state index in [1.807, 2.05) is 19.2 Å². The molecule has 0 spiro atoms. The third kappa shape index (κ3) is 2.82. The highest BCUT2D eigenvalue weighted by atomic mass is 14.8. The van der Waals surface area contributed by atoms with Crippen LogP contribution < -0.4 is 0 Å². The Hall–Kier alpha value is -1.44. The lowest BCUT2D eigenvalue weighted by molar-refractivity contribution is 1.07. The van der Waals surface area contributed by atoms with Crippen LogP contribution >= 0.6 is 0 Å². The third-order valence-corrected chi connectivity index (χ3v) is 1.74. The Labute approximate surface area is 79.1 Å². The van der Waals surface area contributed by atoms with E-state index in [9.17, 15) is 0 Å². The summed E-state index contributed by atoms with van der Waals surface area (Å²) in [6, 6.07) is 0. The zero-order valence-corrected chi connectivity index (χ0v) is 7.90. The molecule has 0 aliphatic carbocycles. The van der Waals surface area contributed by atoms with Gasteiger partial charge in [-0.2, -0.15) is 0 Å². The van der Waals surface area contributed by atoms with Gasteiger partial charge in [0.1, 0.15) is 0 Å². The van der Waals surface area contributed by atoms with Crippen molar-refractivity contribution in [1.29, 1.82) is 0 Å². The van der Waals surface area contributed by atoms with Crippen molar-refractivity contribution in [3.63, 3.8) is 0 Å². The second-order valence-electron chi connectivity index (χ2n) is 2.70. The number of hydrogen-bond acceptors (Lipinski definition) is 2. The summed E-state index contributed by atoms with van der Waals surface area (Å²) in [5, 5.41) is 0. The topological polar surface area (TPSA) is 24.7 Å². The fourth-order valence-electron chi connectivity index (χ4n) is 1.10. The Bertz CT molecular complexity index is 293. The van der Waals surface area contributed by atoms with Gasteiger partial charge in [0.25, 0.3) is 0 Å². The molecule has 0 aromatic carbocycles. The summed E-state index contributed by atoms with van der Waals surface area (Å²) in [7, 11) is 0. The second kappa shape index (κ2) is 5.25. The molecule has 0 bridgehead atoms. The Kier molecular flexibility index (Phi) is 3.89. The van der Waals surface area contributed by atoms with Crippen molar-refractivity contribution in [3.8, 4) is 0 Å². The van der Waals surface area contributed by atoms with Crippen LogP contribution in [-0.4, -0.2) is 11.4 Å².